The molecule has 0 atom stereocenters. The average Bonchev–Trinajstić information content (AvgIpc) is 1.56. The summed E-state index contributed by atoms with van der Waals surface area (Å²) in [6.07, 6.45) is 0. The summed E-state index contributed by atoms with van der Waals surface area (Å²) < 4.78 is 9.38. The summed E-state index contributed by atoms with van der Waals surface area (Å²) in [5.74, 6) is 1.29. The number of hydrogen-bond donors (Lipinski definition) is 0. The Hall–Kier alpha value is -15.9. The van der Waals surface area contributed by atoms with Gasteiger partial charge in [-0.05, 0) is 192 Å². The summed E-state index contributed by atoms with van der Waals surface area (Å²) >= 11 is 0. The van der Waals surface area contributed by atoms with Crippen LogP contribution >= 0.6 is 0 Å². The molecule has 0 aliphatic rings. The number of para-hydroxylation sites is 4. The normalized spacial score (nSPS) is 11.9. The minimum absolute atomic E-state index is 0.636. The molecule has 0 aliphatic heterocycles. The molecule has 6 aromatic heterocycles. The van der Waals surface area contributed by atoms with Crippen molar-refractivity contribution < 1.29 is 0 Å². The summed E-state index contributed by atoms with van der Waals surface area (Å²) in [7, 11) is 0. The molecule has 548 valence electrons. The van der Waals surface area contributed by atoms with Crippen LogP contribution in [0.15, 0.2) is 413 Å². The van der Waals surface area contributed by atoms with Gasteiger partial charge in [-0.1, -0.05) is 297 Å². The Kier molecular flexibility index (Phi) is 15.2. The summed E-state index contributed by atoms with van der Waals surface area (Å²) in [6, 6.07) is 148. The summed E-state index contributed by atoms with van der Waals surface area (Å²) in [6.45, 7) is 0. The summed E-state index contributed by atoms with van der Waals surface area (Å²) in [5, 5.41) is 21.5. The number of aromatic nitrogens is 8. The van der Waals surface area contributed by atoms with Crippen LogP contribution in [-0.2, 0) is 0 Å². The highest BCUT2D eigenvalue weighted by Crippen LogP contribution is 2.45. The van der Waals surface area contributed by atoms with Crippen LogP contribution in [0.2, 0.25) is 0 Å². The predicted octanol–water partition coefficient (Wildman–Crippen LogP) is 28.6. The molecule has 0 radical (unpaired) electrons. The van der Waals surface area contributed by atoms with Crippen molar-refractivity contribution >= 4 is 152 Å². The molecule has 0 unspecified atom stereocenters. The second-order valence-electron chi connectivity index (χ2n) is 30.8. The van der Waals surface area contributed by atoms with Gasteiger partial charge in [-0.3, -0.25) is 9.13 Å². The Bertz CT molecular complexity index is 8370. The Balaban J connectivity index is 0.000000135. The maximum Gasteiger partial charge on any atom is 0.235 e. The summed E-state index contributed by atoms with van der Waals surface area (Å²) in [5.41, 5.74) is 23.9. The van der Waals surface area contributed by atoms with Gasteiger partial charge < -0.3 is 9.13 Å². The van der Waals surface area contributed by atoms with Gasteiger partial charge in [-0.15, -0.1) is 0 Å². The van der Waals surface area contributed by atoms with Crippen molar-refractivity contribution in [2.45, 2.75) is 0 Å². The molecule has 0 bridgehead atoms. The van der Waals surface area contributed by atoms with Crippen molar-refractivity contribution in [3.8, 4) is 79.2 Å². The first-order valence-electron chi connectivity index (χ1n) is 40.2. The van der Waals surface area contributed by atoms with Gasteiger partial charge in [0, 0.05) is 76.4 Å². The van der Waals surface area contributed by atoms with Crippen molar-refractivity contribution in [1.29, 1.82) is 0 Å². The highest BCUT2D eigenvalue weighted by atomic mass is 15.2. The van der Waals surface area contributed by atoms with E-state index in [-0.39, 0.29) is 0 Å². The Morgan fingerprint density at radius 2 is 0.466 bits per heavy atom. The van der Waals surface area contributed by atoms with E-state index in [2.05, 4.69) is 431 Å². The zero-order chi connectivity index (χ0) is 77.5. The van der Waals surface area contributed by atoms with Crippen LogP contribution in [0, 0.1) is 0 Å². The van der Waals surface area contributed by atoms with E-state index in [1.807, 2.05) is 0 Å². The molecule has 8 heteroatoms. The van der Waals surface area contributed by atoms with Gasteiger partial charge >= 0.3 is 0 Å². The maximum atomic E-state index is 5.59. The highest BCUT2D eigenvalue weighted by molar-refractivity contribution is 6.24. The lowest BCUT2D eigenvalue weighted by molar-refractivity contribution is 1.01. The van der Waals surface area contributed by atoms with E-state index in [1.54, 1.807) is 0 Å². The van der Waals surface area contributed by atoms with Crippen molar-refractivity contribution in [3.63, 3.8) is 0 Å². The van der Waals surface area contributed by atoms with Crippen LogP contribution in [-0.4, -0.2) is 38.2 Å². The van der Waals surface area contributed by atoms with E-state index in [4.69, 9.17) is 19.9 Å². The fourth-order valence-electron chi connectivity index (χ4n) is 18.7. The van der Waals surface area contributed by atoms with Crippen LogP contribution < -0.4 is 0 Å². The SMILES string of the molecule is c1ccc(-c2cc(-c3ccccc3)cc(-c3nc(-n4c5ccc(-n6c7ccccc7c7c8ccccc8ccc76)cc5c5cc6ccccc6cc54)nc4ccccc34)c2)cc1.c1ccc(-c2ccc(-c3nc(-n4c5ccc(-n6c7ccccc7c7c8ccccc8ccc76)cc5c5cc6ccccc6cc54)nc4ccccc34)cc2)cc1. The molecule has 19 aromatic carbocycles. The van der Waals surface area contributed by atoms with Crippen molar-refractivity contribution in [3.05, 3.63) is 413 Å². The van der Waals surface area contributed by atoms with Crippen molar-refractivity contribution in [2.75, 3.05) is 0 Å². The number of nitrogens with zero attached hydrogens (tertiary/aromatic N) is 8. The van der Waals surface area contributed by atoms with Gasteiger partial charge in [0.15, 0.2) is 0 Å². The molecule has 0 amide bonds. The topological polar surface area (TPSA) is 71.3 Å². The van der Waals surface area contributed by atoms with E-state index in [0.717, 1.165) is 122 Å². The maximum absolute atomic E-state index is 5.59. The molecule has 8 nitrogen and oxygen atoms in total. The number of fused-ring (bicyclic) bond motifs is 20. The van der Waals surface area contributed by atoms with Crippen molar-refractivity contribution in [2.24, 2.45) is 0 Å². The Morgan fingerprint density at radius 1 is 0.153 bits per heavy atom. The molecule has 0 saturated carbocycles. The van der Waals surface area contributed by atoms with Gasteiger partial charge in [-0.2, -0.15) is 0 Å². The van der Waals surface area contributed by atoms with Crippen LogP contribution in [0.4, 0.5) is 0 Å². The van der Waals surface area contributed by atoms with Gasteiger partial charge in [0.1, 0.15) is 0 Å². The molecular weight excluding hydrogens is 1430 g/mol. The van der Waals surface area contributed by atoms with Crippen molar-refractivity contribution in [1.82, 2.24) is 38.2 Å². The molecule has 25 rings (SSSR count). The minimum atomic E-state index is 0.636. The predicted molar refractivity (Wildman–Crippen MR) is 494 cm³/mol. The van der Waals surface area contributed by atoms with Crippen LogP contribution in [0.1, 0.15) is 0 Å². The van der Waals surface area contributed by atoms with E-state index in [9.17, 15) is 0 Å². The lowest BCUT2D eigenvalue weighted by atomic mass is 9.94. The lowest BCUT2D eigenvalue weighted by Gasteiger charge is -2.15. The molecule has 0 spiro atoms. The van der Waals surface area contributed by atoms with E-state index in [1.165, 1.54) is 97.8 Å². The second kappa shape index (κ2) is 26.9. The molecule has 6 heterocycles. The zero-order valence-corrected chi connectivity index (χ0v) is 63.8. The molecule has 0 fully saturated rings. The first kappa shape index (κ1) is 66.7. The fourth-order valence-corrected chi connectivity index (χ4v) is 18.7. The standard InChI is InChI=1S/C58H36N4.C52H32N4/c1-3-15-37(16-4-1)42-31-43(38-17-5-2-6-18-38)33-44(32-42)57-47-23-11-13-25-51(47)59-58(60-57)62-53-30-28-45(36-50(53)49-34-40-20-7-8-21-41(40)35-55(49)62)61-52-26-14-12-24-48(52)56-46-22-10-9-19-39(46)27-29-54(56)61;1-2-12-33(13-3-1)34-22-24-36(25-23-34)51-41-18-8-10-20-45(41)53-52(54-51)56-47-29-27-39(32-44(47)43-30-37-15-4-5-16-38(37)31-49(43)56)55-46-21-11-9-19-42(46)50-40-17-7-6-14-35(40)26-28-48(50)55/h1-36H;1-32H. The highest BCUT2D eigenvalue weighted by Gasteiger charge is 2.25. The molecule has 0 aliphatic carbocycles. The van der Waals surface area contributed by atoms with E-state index >= 15 is 0 Å². The lowest BCUT2D eigenvalue weighted by Crippen LogP contribution is -2.04. The van der Waals surface area contributed by atoms with E-state index < -0.39 is 0 Å². The number of hydrogen-bond acceptors (Lipinski definition) is 4. The van der Waals surface area contributed by atoms with E-state index in [0.29, 0.717) is 11.9 Å². The van der Waals surface area contributed by atoms with Gasteiger partial charge in [0.2, 0.25) is 11.9 Å². The first-order valence-corrected chi connectivity index (χ1v) is 40.2. The minimum Gasteiger partial charge on any atom is -0.309 e. The second-order valence-corrected chi connectivity index (χ2v) is 30.8. The van der Waals surface area contributed by atoms with Crippen LogP contribution in [0.3, 0.4) is 0 Å². The van der Waals surface area contributed by atoms with Gasteiger partial charge in [0.25, 0.3) is 0 Å². The fraction of sp³-hybridized carbons (Fsp3) is 0. The monoisotopic (exact) mass is 1500 g/mol. The molecule has 118 heavy (non-hydrogen) atoms. The Morgan fingerprint density at radius 3 is 0.915 bits per heavy atom. The third-order valence-electron chi connectivity index (χ3n) is 24.1. The van der Waals surface area contributed by atoms with Crippen LogP contribution in [0.5, 0.6) is 0 Å². The number of rotatable bonds is 9. The molecular formula is C110H68N8. The largest absolute Gasteiger partial charge is 0.309 e. The zero-order valence-electron chi connectivity index (χ0n) is 63.8. The quantitative estimate of drug-likeness (QED) is 0.144. The molecule has 25 aromatic rings. The average molecular weight is 1500 g/mol. The number of benzene rings is 19. The van der Waals surface area contributed by atoms with Gasteiger partial charge in [0.05, 0.1) is 66.6 Å². The van der Waals surface area contributed by atoms with Crippen LogP contribution in [0.25, 0.3) is 231 Å². The molecule has 0 saturated heterocycles. The first-order chi connectivity index (χ1) is 58.5. The third-order valence-corrected chi connectivity index (χ3v) is 24.1. The third kappa shape index (κ3) is 10.8. The van der Waals surface area contributed by atoms with Gasteiger partial charge in [-0.25, -0.2) is 19.9 Å². The smallest absolute Gasteiger partial charge is 0.235 e. The Labute approximate surface area is 677 Å². The molecule has 0 N–H and O–H groups in total. The summed E-state index contributed by atoms with van der Waals surface area (Å²) in [4.78, 5) is 21.7.